The van der Waals surface area contributed by atoms with E-state index in [1.165, 1.54) is 0 Å². The summed E-state index contributed by atoms with van der Waals surface area (Å²) in [6.45, 7) is 6.57. The minimum atomic E-state index is -1.21. The maximum atomic E-state index is 9.30. The van der Waals surface area contributed by atoms with Gasteiger partial charge in [-0.1, -0.05) is 20.4 Å². The van der Waals surface area contributed by atoms with Crippen LogP contribution in [0.15, 0.2) is 0 Å². The fraction of sp³-hybridized carbons (Fsp3) is 1.00. The van der Waals surface area contributed by atoms with Crippen molar-refractivity contribution in [2.45, 2.75) is 31.6 Å². The lowest BCUT2D eigenvalue weighted by Gasteiger charge is -2.10. The van der Waals surface area contributed by atoms with Gasteiger partial charge in [0.05, 0.1) is 0 Å². The molecule has 0 heterocycles. The highest BCUT2D eigenvalue weighted by Gasteiger charge is 2.11. The molecule has 8 heavy (non-hydrogen) atoms. The third-order valence-corrected chi connectivity index (χ3v) is 8.20. The van der Waals surface area contributed by atoms with Crippen molar-refractivity contribution in [2.75, 3.05) is 0 Å². The molecule has 0 radical (unpaired) electrons. The van der Waals surface area contributed by atoms with E-state index in [9.17, 15) is 4.80 Å². The van der Waals surface area contributed by atoms with E-state index in [0.717, 1.165) is 11.2 Å². The zero-order chi connectivity index (χ0) is 6.57. The molecule has 2 unspecified atom stereocenters. The molecule has 3 heteroatoms. The smallest absolute Gasteiger partial charge is 0.172 e. The van der Waals surface area contributed by atoms with Crippen LogP contribution in [0.2, 0.25) is 17.8 Å². The maximum absolute atomic E-state index is 9.30. The van der Waals surface area contributed by atoms with Gasteiger partial charge in [0.2, 0.25) is 0 Å². The second-order valence-corrected chi connectivity index (χ2v) is 8.50. The number of rotatable bonds is 3. The Hall–Kier alpha value is 0.394. The topological polar surface area (TPSA) is 20.2 Å². The van der Waals surface area contributed by atoms with E-state index in [2.05, 4.69) is 20.4 Å². The summed E-state index contributed by atoms with van der Waals surface area (Å²) in [6, 6.07) is 1.06. The standard InChI is InChI=1S/C5H16OSi2/c1-4-8(6)5(2)7-3/h5-6,8H,4,7H2,1-3H3. The minimum Gasteiger partial charge on any atom is -0.435 e. The molecule has 0 aliphatic heterocycles. The van der Waals surface area contributed by atoms with Gasteiger partial charge in [-0.25, -0.2) is 0 Å². The molecule has 0 aromatic heterocycles. The predicted molar refractivity (Wildman–Crippen MR) is 43.7 cm³/mol. The molecule has 0 aliphatic rings. The molecule has 0 spiro atoms. The number of hydrogen-bond acceptors (Lipinski definition) is 1. The Morgan fingerprint density at radius 3 is 2.38 bits per heavy atom. The first-order valence-corrected chi connectivity index (χ1v) is 7.63. The molecule has 0 saturated heterocycles. The van der Waals surface area contributed by atoms with Crippen LogP contribution in [0.5, 0.6) is 0 Å². The van der Waals surface area contributed by atoms with Crippen molar-refractivity contribution in [3.8, 4) is 0 Å². The lowest BCUT2D eigenvalue weighted by molar-refractivity contribution is 0.565. The SMILES string of the molecule is CC[SiH](O)C(C)[SiH2]C. The van der Waals surface area contributed by atoms with Gasteiger partial charge in [-0.05, 0) is 11.2 Å². The summed E-state index contributed by atoms with van der Waals surface area (Å²) in [6.07, 6.45) is 0. The molecule has 0 fully saturated rings. The lowest BCUT2D eigenvalue weighted by atomic mass is 10.9. The van der Waals surface area contributed by atoms with Gasteiger partial charge >= 0.3 is 0 Å². The third kappa shape index (κ3) is 2.64. The highest BCUT2D eigenvalue weighted by Crippen LogP contribution is 2.06. The van der Waals surface area contributed by atoms with Gasteiger partial charge in [-0.15, -0.1) is 0 Å². The molecule has 0 aromatic carbocycles. The van der Waals surface area contributed by atoms with Crippen LogP contribution in [-0.2, 0) is 0 Å². The van der Waals surface area contributed by atoms with E-state index in [1.807, 2.05) is 0 Å². The zero-order valence-corrected chi connectivity index (χ0v) is 8.59. The molecule has 0 bridgehead atoms. The van der Waals surface area contributed by atoms with E-state index in [1.54, 1.807) is 0 Å². The predicted octanol–water partition coefficient (Wildman–Crippen LogP) is 0.287. The molecule has 1 N–H and O–H groups in total. The van der Waals surface area contributed by atoms with Crippen LogP contribution in [0.3, 0.4) is 0 Å². The van der Waals surface area contributed by atoms with Crippen molar-refractivity contribution < 1.29 is 4.80 Å². The van der Waals surface area contributed by atoms with Gasteiger partial charge in [0.25, 0.3) is 0 Å². The minimum absolute atomic E-state index is 0.0917. The van der Waals surface area contributed by atoms with Crippen molar-refractivity contribution >= 4 is 18.6 Å². The Morgan fingerprint density at radius 2 is 2.25 bits per heavy atom. The first-order valence-electron chi connectivity index (χ1n) is 3.40. The monoisotopic (exact) mass is 148 g/mol. The van der Waals surface area contributed by atoms with Crippen molar-refractivity contribution in [3.63, 3.8) is 0 Å². The summed E-state index contributed by atoms with van der Waals surface area (Å²) in [5, 5.41) is 0.750. The summed E-state index contributed by atoms with van der Waals surface area (Å²) in [4.78, 5) is 9.30. The van der Waals surface area contributed by atoms with Crippen LogP contribution in [0.1, 0.15) is 13.8 Å². The highest BCUT2D eigenvalue weighted by molar-refractivity contribution is 6.66. The van der Waals surface area contributed by atoms with Crippen molar-refractivity contribution in [1.29, 1.82) is 0 Å². The molecule has 0 rings (SSSR count). The fourth-order valence-electron chi connectivity index (χ4n) is 0.674. The van der Waals surface area contributed by atoms with Crippen LogP contribution in [0, 0.1) is 0 Å². The molecule has 1 nitrogen and oxygen atoms in total. The van der Waals surface area contributed by atoms with Crippen molar-refractivity contribution in [3.05, 3.63) is 0 Å². The molecule has 2 atom stereocenters. The molecular formula is C5H16OSi2. The van der Waals surface area contributed by atoms with Crippen LogP contribution >= 0.6 is 0 Å². The zero-order valence-electron chi connectivity index (χ0n) is 6.02. The van der Waals surface area contributed by atoms with E-state index in [-0.39, 0.29) is 9.52 Å². The third-order valence-electron chi connectivity index (χ3n) is 1.72. The summed E-state index contributed by atoms with van der Waals surface area (Å²) in [5.41, 5.74) is 0. The van der Waals surface area contributed by atoms with E-state index >= 15 is 0 Å². The Balaban J connectivity index is 3.29. The molecule has 50 valence electrons. The van der Waals surface area contributed by atoms with Gasteiger partial charge in [-0.3, -0.25) is 0 Å². The number of hydrogen-bond donors (Lipinski definition) is 1. The average molecular weight is 148 g/mol. The molecule has 0 saturated carbocycles. The lowest BCUT2D eigenvalue weighted by Crippen LogP contribution is -2.20. The van der Waals surface area contributed by atoms with Crippen molar-refractivity contribution in [2.24, 2.45) is 0 Å². The summed E-state index contributed by atoms with van der Waals surface area (Å²) < 4.78 is 0. The maximum Gasteiger partial charge on any atom is 0.172 e. The van der Waals surface area contributed by atoms with Gasteiger partial charge in [0, 0.05) is 9.52 Å². The Bertz CT molecular complexity index is 50.4. The summed E-state index contributed by atoms with van der Waals surface area (Å²) >= 11 is 0. The van der Waals surface area contributed by atoms with Crippen LogP contribution in [-0.4, -0.2) is 23.4 Å². The van der Waals surface area contributed by atoms with Gasteiger partial charge in [-0.2, -0.15) is 0 Å². The van der Waals surface area contributed by atoms with Gasteiger partial charge in [0.1, 0.15) is 0 Å². The van der Waals surface area contributed by atoms with E-state index in [0.29, 0.717) is 0 Å². The largest absolute Gasteiger partial charge is 0.435 e. The second-order valence-electron chi connectivity index (χ2n) is 2.36. The first-order chi connectivity index (χ1) is 3.72. The average Bonchev–Trinajstić information content (AvgIpc) is 1.84. The van der Waals surface area contributed by atoms with E-state index in [4.69, 9.17) is 0 Å². The Kier molecular flexibility index (Phi) is 4.50. The Labute approximate surface area is 55.7 Å². The van der Waals surface area contributed by atoms with E-state index < -0.39 is 9.04 Å². The van der Waals surface area contributed by atoms with Gasteiger partial charge in [0.15, 0.2) is 9.04 Å². The molecular weight excluding hydrogens is 132 g/mol. The molecule has 0 aliphatic carbocycles. The normalized spacial score (nSPS) is 19.5. The first kappa shape index (κ1) is 8.39. The summed E-state index contributed by atoms with van der Waals surface area (Å²) in [5.74, 6) is 0. The Morgan fingerprint density at radius 1 is 1.75 bits per heavy atom. The summed E-state index contributed by atoms with van der Waals surface area (Å²) in [7, 11) is -1.12. The van der Waals surface area contributed by atoms with Crippen LogP contribution in [0.25, 0.3) is 0 Å². The molecule has 0 aromatic rings. The van der Waals surface area contributed by atoms with Gasteiger partial charge < -0.3 is 4.80 Å². The van der Waals surface area contributed by atoms with Crippen LogP contribution in [0.4, 0.5) is 0 Å². The quantitative estimate of drug-likeness (QED) is 0.570. The van der Waals surface area contributed by atoms with Crippen molar-refractivity contribution in [1.82, 2.24) is 0 Å². The van der Waals surface area contributed by atoms with Crippen LogP contribution < -0.4 is 0 Å². The fourth-order valence-corrected chi connectivity index (χ4v) is 4.66. The second kappa shape index (κ2) is 4.29. The molecule has 0 amide bonds. The highest BCUT2D eigenvalue weighted by atomic mass is 28.3.